The van der Waals surface area contributed by atoms with Crippen molar-refractivity contribution in [3.63, 3.8) is 0 Å². The number of nitrogens with zero attached hydrogens (tertiary/aromatic N) is 5. The third-order valence-corrected chi connectivity index (χ3v) is 5.99. The molecule has 156 valence electrons. The number of pyridine rings is 1. The van der Waals surface area contributed by atoms with Crippen LogP contribution < -0.4 is 10.2 Å². The molecule has 9 heteroatoms. The van der Waals surface area contributed by atoms with E-state index in [1.54, 1.807) is 19.1 Å². The zero-order valence-electron chi connectivity index (χ0n) is 16.6. The fraction of sp³-hybridized carbons (Fsp3) is 0.273. The SMILES string of the molecule is CC#CC(=O)N1C[C@@H]2C[C@H]1CN2c1ccc2ncnc(Nc3cccc(Cl)c3F)c2n1. The predicted molar refractivity (Wildman–Crippen MR) is 117 cm³/mol. The molecule has 31 heavy (non-hydrogen) atoms. The highest BCUT2D eigenvalue weighted by molar-refractivity contribution is 6.31. The zero-order valence-corrected chi connectivity index (χ0v) is 17.4. The summed E-state index contributed by atoms with van der Waals surface area (Å²) in [6.07, 6.45) is 2.30. The number of fused-ring (bicyclic) bond motifs is 3. The van der Waals surface area contributed by atoms with Crippen molar-refractivity contribution in [1.29, 1.82) is 0 Å². The van der Waals surface area contributed by atoms with Gasteiger partial charge >= 0.3 is 0 Å². The minimum atomic E-state index is -0.552. The van der Waals surface area contributed by atoms with E-state index in [9.17, 15) is 9.18 Å². The molecule has 2 aliphatic rings. The number of amides is 1. The fourth-order valence-electron chi connectivity index (χ4n) is 4.28. The molecule has 0 saturated carbocycles. The van der Waals surface area contributed by atoms with E-state index in [-0.39, 0.29) is 28.7 Å². The second-order valence-electron chi connectivity index (χ2n) is 7.51. The first-order valence-corrected chi connectivity index (χ1v) is 10.3. The van der Waals surface area contributed by atoms with Gasteiger partial charge in [-0.05, 0) is 43.5 Å². The van der Waals surface area contributed by atoms with Crippen LogP contribution in [0.5, 0.6) is 0 Å². The highest BCUT2D eigenvalue weighted by Crippen LogP contribution is 2.35. The summed E-state index contributed by atoms with van der Waals surface area (Å²) < 4.78 is 14.4. The topological polar surface area (TPSA) is 74.2 Å². The van der Waals surface area contributed by atoms with Crippen LogP contribution in [0.4, 0.5) is 21.7 Å². The Hall–Kier alpha value is -3.44. The number of likely N-dealkylation sites (tertiary alicyclic amines) is 1. The molecule has 2 aliphatic heterocycles. The Kier molecular flexibility index (Phi) is 4.83. The second kappa shape index (κ2) is 7.67. The van der Waals surface area contributed by atoms with Crippen LogP contribution in [0.1, 0.15) is 13.3 Å². The zero-order chi connectivity index (χ0) is 21.5. The third kappa shape index (κ3) is 3.41. The van der Waals surface area contributed by atoms with Crippen LogP contribution in [0.2, 0.25) is 5.02 Å². The molecule has 3 aromatic rings. The molecular weight excluding hydrogens is 419 g/mol. The van der Waals surface area contributed by atoms with E-state index >= 15 is 0 Å². The van der Waals surface area contributed by atoms with Gasteiger partial charge in [-0.2, -0.15) is 0 Å². The number of carbonyl (C=O) groups is 1. The maximum Gasteiger partial charge on any atom is 0.298 e. The van der Waals surface area contributed by atoms with Gasteiger partial charge in [0.1, 0.15) is 17.7 Å². The van der Waals surface area contributed by atoms with Crippen molar-refractivity contribution in [2.45, 2.75) is 25.4 Å². The van der Waals surface area contributed by atoms with Crippen molar-refractivity contribution < 1.29 is 9.18 Å². The first kappa shape index (κ1) is 19.5. The van der Waals surface area contributed by atoms with Gasteiger partial charge in [0.05, 0.1) is 28.3 Å². The molecule has 1 N–H and O–H groups in total. The quantitative estimate of drug-likeness (QED) is 0.634. The number of piperazine rings is 1. The molecule has 1 aromatic carbocycles. The molecule has 1 amide bonds. The summed E-state index contributed by atoms with van der Waals surface area (Å²) in [5, 5.41) is 3.01. The molecule has 5 rings (SSSR count). The van der Waals surface area contributed by atoms with E-state index in [0.29, 0.717) is 29.9 Å². The highest BCUT2D eigenvalue weighted by atomic mass is 35.5. The van der Waals surface area contributed by atoms with Crippen LogP contribution in [0, 0.1) is 17.7 Å². The lowest BCUT2D eigenvalue weighted by Crippen LogP contribution is -2.48. The monoisotopic (exact) mass is 436 g/mol. The molecule has 7 nitrogen and oxygen atoms in total. The number of nitrogens with one attached hydrogen (secondary N) is 1. The summed E-state index contributed by atoms with van der Waals surface area (Å²) in [6.45, 7) is 2.99. The summed E-state index contributed by atoms with van der Waals surface area (Å²) in [5.74, 6) is 5.80. The number of rotatable bonds is 3. The number of benzene rings is 1. The van der Waals surface area contributed by atoms with Crippen molar-refractivity contribution in [3.05, 3.63) is 47.5 Å². The Morgan fingerprint density at radius 2 is 2.10 bits per heavy atom. The second-order valence-corrected chi connectivity index (χ2v) is 7.92. The molecule has 2 bridgehead atoms. The van der Waals surface area contributed by atoms with Gasteiger partial charge < -0.3 is 15.1 Å². The molecule has 0 unspecified atom stereocenters. The van der Waals surface area contributed by atoms with Crippen LogP contribution in [-0.4, -0.2) is 50.9 Å². The largest absolute Gasteiger partial charge is 0.350 e. The average Bonchev–Trinajstić information content (AvgIpc) is 3.38. The molecule has 2 fully saturated rings. The van der Waals surface area contributed by atoms with E-state index in [1.165, 1.54) is 12.4 Å². The maximum atomic E-state index is 14.4. The van der Waals surface area contributed by atoms with Crippen LogP contribution >= 0.6 is 11.6 Å². The van der Waals surface area contributed by atoms with E-state index in [2.05, 4.69) is 32.0 Å². The van der Waals surface area contributed by atoms with Gasteiger partial charge in [-0.1, -0.05) is 23.6 Å². The van der Waals surface area contributed by atoms with Crippen molar-refractivity contribution in [1.82, 2.24) is 19.9 Å². The molecule has 2 atom stereocenters. The minimum Gasteiger partial charge on any atom is -0.350 e. The van der Waals surface area contributed by atoms with Gasteiger partial charge in [-0.3, -0.25) is 4.79 Å². The number of halogens is 2. The summed E-state index contributed by atoms with van der Waals surface area (Å²) in [5.41, 5.74) is 1.39. The summed E-state index contributed by atoms with van der Waals surface area (Å²) >= 11 is 5.89. The summed E-state index contributed by atoms with van der Waals surface area (Å²) in [6, 6.07) is 8.83. The van der Waals surface area contributed by atoms with E-state index in [4.69, 9.17) is 16.6 Å². The Bertz CT molecular complexity index is 1260. The van der Waals surface area contributed by atoms with Crippen molar-refractivity contribution in [2.24, 2.45) is 0 Å². The molecule has 0 spiro atoms. The highest BCUT2D eigenvalue weighted by Gasteiger charge is 2.45. The van der Waals surface area contributed by atoms with Crippen molar-refractivity contribution >= 4 is 45.9 Å². The van der Waals surface area contributed by atoms with Crippen molar-refractivity contribution in [3.8, 4) is 11.8 Å². The standard InChI is InChI=1S/C22H18ClFN6O/c1-2-4-19(31)30-11-13-9-14(30)10-29(13)18-8-7-17-21(28-18)22(26-12-25-17)27-16-6-3-5-15(23)20(16)24/h3,5-8,12-14H,9-11H2,1H3,(H,25,26,27)/t13-,14-/m0/s1. The first-order chi connectivity index (χ1) is 15.0. The third-order valence-electron chi connectivity index (χ3n) is 5.70. The van der Waals surface area contributed by atoms with Crippen LogP contribution in [-0.2, 0) is 4.79 Å². The van der Waals surface area contributed by atoms with Crippen LogP contribution in [0.25, 0.3) is 11.0 Å². The van der Waals surface area contributed by atoms with Gasteiger partial charge in [0.25, 0.3) is 5.91 Å². The Labute approximate surface area is 183 Å². The van der Waals surface area contributed by atoms with Gasteiger partial charge in [-0.25, -0.2) is 19.3 Å². The Balaban J connectivity index is 1.45. The lowest BCUT2D eigenvalue weighted by molar-refractivity contribution is -0.126. The van der Waals surface area contributed by atoms with E-state index in [0.717, 1.165) is 12.2 Å². The lowest BCUT2D eigenvalue weighted by Gasteiger charge is -2.34. The number of anilines is 3. The van der Waals surface area contributed by atoms with E-state index < -0.39 is 5.82 Å². The lowest BCUT2D eigenvalue weighted by atomic mass is 10.2. The van der Waals surface area contributed by atoms with Gasteiger partial charge in [0.15, 0.2) is 11.6 Å². The maximum absolute atomic E-state index is 14.4. The molecule has 4 heterocycles. The summed E-state index contributed by atoms with van der Waals surface area (Å²) in [4.78, 5) is 29.5. The normalized spacial score (nSPS) is 19.5. The molecule has 0 radical (unpaired) electrons. The number of carbonyl (C=O) groups excluding carboxylic acids is 1. The predicted octanol–water partition coefficient (Wildman–Crippen LogP) is 3.37. The summed E-state index contributed by atoms with van der Waals surface area (Å²) in [7, 11) is 0. The Morgan fingerprint density at radius 3 is 2.87 bits per heavy atom. The molecular formula is C22H18ClFN6O. The number of hydrogen-bond acceptors (Lipinski definition) is 6. The minimum absolute atomic E-state index is 0.0250. The smallest absolute Gasteiger partial charge is 0.298 e. The van der Waals surface area contributed by atoms with Gasteiger partial charge in [-0.15, -0.1) is 0 Å². The number of hydrogen-bond donors (Lipinski definition) is 1. The van der Waals surface area contributed by atoms with Crippen molar-refractivity contribution in [2.75, 3.05) is 23.3 Å². The average molecular weight is 437 g/mol. The fourth-order valence-corrected chi connectivity index (χ4v) is 4.46. The molecule has 2 aromatic heterocycles. The first-order valence-electron chi connectivity index (χ1n) is 9.88. The molecule has 2 saturated heterocycles. The molecule has 0 aliphatic carbocycles. The number of aromatic nitrogens is 3. The van der Waals surface area contributed by atoms with E-state index in [1.807, 2.05) is 17.0 Å². The Morgan fingerprint density at radius 1 is 1.23 bits per heavy atom. The van der Waals surface area contributed by atoms with Gasteiger partial charge in [0.2, 0.25) is 0 Å². The van der Waals surface area contributed by atoms with Crippen LogP contribution in [0.3, 0.4) is 0 Å². The van der Waals surface area contributed by atoms with Gasteiger partial charge in [0, 0.05) is 13.1 Å². The van der Waals surface area contributed by atoms with Crippen LogP contribution in [0.15, 0.2) is 36.7 Å².